The second kappa shape index (κ2) is 5.25. The smallest absolute Gasteiger partial charge is 0.354 e. The first-order valence-electron chi connectivity index (χ1n) is 5.42. The fourth-order valence-electron chi connectivity index (χ4n) is 1.47. The van der Waals surface area contributed by atoms with E-state index in [4.69, 9.17) is 5.11 Å². The van der Waals surface area contributed by atoms with Crippen LogP contribution in [0.3, 0.4) is 0 Å². The number of nitrogens with one attached hydrogen (secondary N) is 2. The summed E-state index contributed by atoms with van der Waals surface area (Å²) in [7, 11) is 0. The summed E-state index contributed by atoms with van der Waals surface area (Å²) in [6, 6.07) is 2.70. The number of pyridine rings is 1. The minimum atomic E-state index is -1.18. The normalized spacial score (nSPS) is 14.3. The number of rotatable bonds is 3. The van der Waals surface area contributed by atoms with E-state index in [2.05, 4.69) is 20.8 Å². The monoisotopic (exact) mass is 262 g/mol. The zero-order valence-electron chi connectivity index (χ0n) is 9.71. The number of anilines is 1. The van der Waals surface area contributed by atoms with Crippen molar-refractivity contribution in [1.29, 1.82) is 0 Å². The van der Waals surface area contributed by atoms with Crippen LogP contribution in [0.2, 0.25) is 0 Å². The first kappa shape index (κ1) is 12.7. The van der Waals surface area contributed by atoms with Crippen LogP contribution in [-0.2, 0) is 9.59 Å². The van der Waals surface area contributed by atoms with Crippen LogP contribution in [0.1, 0.15) is 23.3 Å². The Kier molecular flexibility index (Phi) is 3.51. The molecule has 2 heterocycles. The van der Waals surface area contributed by atoms with Crippen molar-refractivity contribution in [2.75, 3.05) is 5.32 Å². The number of carbonyl (C=O) groups excluding carboxylic acids is 2. The van der Waals surface area contributed by atoms with Gasteiger partial charge in [-0.15, -0.1) is 0 Å². The summed E-state index contributed by atoms with van der Waals surface area (Å²) in [4.78, 5) is 37.0. The highest BCUT2D eigenvalue weighted by atomic mass is 16.4. The molecule has 0 atom stereocenters. The first-order chi connectivity index (χ1) is 9.06. The van der Waals surface area contributed by atoms with Crippen molar-refractivity contribution in [1.82, 2.24) is 10.4 Å². The van der Waals surface area contributed by atoms with Crippen LogP contribution < -0.4 is 10.7 Å². The van der Waals surface area contributed by atoms with Gasteiger partial charge in [0.2, 0.25) is 5.91 Å². The standard InChI is InChI=1S/C11H10N4O4/c16-9-2-1-7(14-15-9)10(17)13-6-3-4-12-8(5-6)11(18)19/h3-5H,1-2H2,(H,15,16)(H,18,19)(H,12,13,17). The number of carboxylic acids is 1. The van der Waals surface area contributed by atoms with E-state index >= 15 is 0 Å². The molecule has 19 heavy (non-hydrogen) atoms. The maximum Gasteiger partial charge on any atom is 0.354 e. The SMILES string of the molecule is O=C1CCC(C(=O)Nc2ccnc(C(=O)O)c2)=NN1. The highest BCUT2D eigenvalue weighted by molar-refractivity contribution is 6.43. The lowest BCUT2D eigenvalue weighted by Crippen LogP contribution is -2.32. The van der Waals surface area contributed by atoms with Gasteiger partial charge in [-0.05, 0) is 12.1 Å². The largest absolute Gasteiger partial charge is 0.477 e. The lowest BCUT2D eigenvalue weighted by Gasteiger charge is -2.11. The molecule has 8 heteroatoms. The first-order valence-corrected chi connectivity index (χ1v) is 5.42. The Morgan fingerprint density at radius 1 is 1.37 bits per heavy atom. The number of hydrogen-bond donors (Lipinski definition) is 3. The fourth-order valence-corrected chi connectivity index (χ4v) is 1.47. The predicted octanol–water partition coefficient (Wildman–Crippen LogP) is -0.0157. The van der Waals surface area contributed by atoms with E-state index in [1.807, 2.05) is 0 Å². The van der Waals surface area contributed by atoms with Crippen molar-refractivity contribution in [2.24, 2.45) is 5.10 Å². The molecule has 0 radical (unpaired) electrons. The molecule has 0 aromatic carbocycles. The van der Waals surface area contributed by atoms with E-state index < -0.39 is 11.9 Å². The van der Waals surface area contributed by atoms with Gasteiger partial charge in [-0.25, -0.2) is 15.2 Å². The molecule has 98 valence electrons. The Morgan fingerprint density at radius 3 is 2.79 bits per heavy atom. The molecule has 1 aromatic heterocycles. The predicted molar refractivity (Wildman–Crippen MR) is 64.6 cm³/mol. The number of amides is 2. The zero-order chi connectivity index (χ0) is 13.8. The zero-order valence-corrected chi connectivity index (χ0v) is 9.71. The highest BCUT2D eigenvalue weighted by Gasteiger charge is 2.18. The van der Waals surface area contributed by atoms with Crippen LogP contribution in [0.25, 0.3) is 0 Å². The van der Waals surface area contributed by atoms with Crippen molar-refractivity contribution in [2.45, 2.75) is 12.8 Å². The number of aromatic carboxylic acids is 1. The van der Waals surface area contributed by atoms with E-state index in [-0.39, 0.29) is 30.2 Å². The lowest BCUT2D eigenvalue weighted by atomic mass is 10.1. The molecular formula is C11H10N4O4. The summed E-state index contributed by atoms with van der Waals surface area (Å²) in [6.07, 6.45) is 1.72. The third-order valence-corrected chi connectivity index (χ3v) is 2.40. The van der Waals surface area contributed by atoms with Gasteiger partial charge in [0.25, 0.3) is 5.91 Å². The van der Waals surface area contributed by atoms with E-state index in [1.54, 1.807) is 0 Å². The Morgan fingerprint density at radius 2 is 2.16 bits per heavy atom. The Labute approximate surface area is 107 Å². The summed E-state index contributed by atoms with van der Waals surface area (Å²) in [5, 5.41) is 14.9. The van der Waals surface area contributed by atoms with E-state index in [0.717, 1.165) is 0 Å². The van der Waals surface area contributed by atoms with Crippen molar-refractivity contribution >= 4 is 29.2 Å². The van der Waals surface area contributed by atoms with Crippen LogP contribution in [0.15, 0.2) is 23.4 Å². The van der Waals surface area contributed by atoms with Crippen LogP contribution >= 0.6 is 0 Å². The van der Waals surface area contributed by atoms with Gasteiger partial charge < -0.3 is 10.4 Å². The van der Waals surface area contributed by atoms with Crippen LogP contribution in [-0.4, -0.2) is 33.6 Å². The molecule has 0 spiro atoms. The van der Waals surface area contributed by atoms with Crippen molar-refractivity contribution < 1.29 is 19.5 Å². The van der Waals surface area contributed by atoms with E-state index in [9.17, 15) is 14.4 Å². The van der Waals surface area contributed by atoms with Gasteiger partial charge in [-0.3, -0.25) is 9.59 Å². The maximum absolute atomic E-state index is 11.8. The van der Waals surface area contributed by atoms with Gasteiger partial charge in [0, 0.05) is 24.7 Å². The van der Waals surface area contributed by atoms with Crippen molar-refractivity contribution in [3.8, 4) is 0 Å². The molecule has 0 aliphatic carbocycles. The molecule has 2 amide bonds. The van der Waals surface area contributed by atoms with Gasteiger partial charge in [-0.1, -0.05) is 0 Å². The molecule has 1 aliphatic heterocycles. The van der Waals surface area contributed by atoms with Gasteiger partial charge in [0.05, 0.1) is 0 Å². The quantitative estimate of drug-likeness (QED) is 0.707. The van der Waals surface area contributed by atoms with E-state index in [0.29, 0.717) is 5.69 Å². The molecule has 0 saturated carbocycles. The average Bonchev–Trinajstić information content (AvgIpc) is 2.39. The summed E-state index contributed by atoms with van der Waals surface area (Å²) in [6.45, 7) is 0. The van der Waals surface area contributed by atoms with Crippen molar-refractivity contribution in [3.05, 3.63) is 24.0 Å². The molecule has 8 nitrogen and oxygen atoms in total. The van der Waals surface area contributed by atoms with Gasteiger partial charge in [0.15, 0.2) is 0 Å². The van der Waals surface area contributed by atoms with Gasteiger partial charge >= 0.3 is 5.97 Å². The lowest BCUT2D eigenvalue weighted by molar-refractivity contribution is -0.121. The third kappa shape index (κ3) is 3.12. The molecule has 1 aliphatic rings. The molecule has 0 bridgehead atoms. The minimum absolute atomic E-state index is 0.170. The number of nitrogens with zero attached hydrogens (tertiary/aromatic N) is 2. The molecular weight excluding hydrogens is 252 g/mol. The summed E-state index contributed by atoms with van der Waals surface area (Å²) in [5.74, 6) is -1.91. The molecule has 0 unspecified atom stereocenters. The molecule has 0 saturated heterocycles. The second-order valence-electron chi connectivity index (χ2n) is 3.78. The molecule has 1 aromatic rings. The molecule has 2 rings (SSSR count). The van der Waals surface area contributed by atoms with Gasteiger partial charge in [0.1, 0.15) is 11.4 Å². The number of aromatic nitrogens is 1. The maximum atomic E-state index is 11.8. The number of hydrazone groups is 1. The second-order valence-corrected chi connectivity index (χ2v) is 3.78. The summed E-state index contributed by atoms with van der Waals surface area (Å²) >= 11 is 0. The van der Waals surface area contributed by atoms with Crippen LogP contribution in [0.5, 0.6) is 0 Å². The highest BCUT2D eigenvalue weighted by Crippen LogP contribution is 2.09. The number of carbonyl (C=O) groups is 3. The van der Waals surface area contributed by atoms with Crippen molar-refractivity contribution in [3.63, 3.8) is 0 Å². The number of hydrogen-bond acceptors (Lipinski definition) is 5. The van der Waals surface area contributed by atoms with Crippen LogP contribution in [0, 0.1) is 0 Å². The Hall–Kier alpha value is -2.77. The minimum Gasteiger partial charge on any atom is -0.477 e. The average molecular weight is 262 g/mol. The third-order valence-electron chi connectivity index (χ3n) is 2.40. The summed E-state index contributed by atoms with van der Waals surface area (Å²) < 4.78 is 0. The van der Waals surface area contributed by atoms with E-state index in [1.165, 1.54) is 18.3 Å². The molecule has 0 fully saturated rings. The Balaban J connectivity index is 2.09. The molecule has 3 N–H and O–H groups in total. The topological polar surface area (TPSA) is 121 Å². The van der Waals surface area contributed by atoms with Crippen LogP contribution in [0.4, 0.5) is 5.69 Å². The summed E-state index contributed by atoms with van der Waals surface area (Å²) in [5.41, 5.74) is 2.53. The van der Waals surface area contributed by atoms with Gasteiger partial charge in [-0.2, -0.15) is 5.10 Å². The number of carboxylic acid groups (broad SMARTS) is 1. The fraction of sp³-hybridized carbons (Fsp3) is 0.182. The Bertz CT molecular complexity index is 582.